The predicted octanol–water partition coefficient (Wildman–Crippen LogP) is 1.24. The van der Waals surface area contributed by atoms with Gasteiger partial charge < -0.3 is 10.1 Å². The third-order valence-electron chi connectivity index (χ3n) is 2.73. The maximum atomic E-state index is 11.2. The summed E-state index contributed by atoms with van der Waals surface area (Å²) in [4.78, 5) is 15.6. The smallest absolute Gasteiger partial charge is 0.222 e. The van der Waals surface area contributed by atoms with Crippen LogP contribution in [0.3, 0.4) is 0 Å². The van der Waals surface area contributed by atoms with Gasteiger partial charge in [-0.15, -0.1) is 10.2 Å². The Morgan fingerprint density at radius 2 is 2.26 bits per heavy atom. The summed E-state index contributed by atoms with van der Waals surface area (Å²) in [7, 11) is 1.59. The van der Waals surface area contributed by atoms with Crippen molar-refractivity contribution in [3.8, 4) is 5.75 Å². The van der Waals surface area contributed by atoms with Crippen LogP contribution < -0.4 is 10.1 Å². The first kappa shape index (κ1) is 11.4. The van der Waals surface area contributed by atoms with E-state index in [4.69, 9.17) is 4.74 Å². The van der Waals surface area contributed by atoms with E-state index in [1.807, 2.05) is 12.1 Å². The van der Waals surface area contributed by atoms with E-state index in [1.54, 1.807) is 23.9 Å². The van der Waals surface area contributed by atoms with Gasteiger partial charge in [-0.1, -0.05) is 0 Å². The van der Waals surface area contributed by atoms with E-state index in [9.17, 15) is 4.79 Å². The number of amides is 1. The van der Waals surface area contributed by atoms with Gasteiger partial charge in [0.25, 0.3) is 0 Å². The third kappa shape index (κ3) is 1.85. The normalized spacial score (nSPS) is 10.8. The Morgan fingerprint density at radius 3 is 3.00 bits per heavy atom. The van der Waals surface area contributed by atoms with E-state index in [2.05, 4.69) is 20.5 Å². The average molecular weight is 257 g/mol. The van der Waals surface area contributed by atoms with E-state index in [0.717, 1.165) is 5.52 Å². The van der Waals surface area contributed by atoms with Gasteiger partial charge in [0, 0.05) is 13.0 Å². The Morgan fingerprint density at radius 1 is 1.42 bits per heavy atom. The van der Waals surface area contributed by atoms with E-state index in [-0.39, 0.29) is 5.91 Å². The van der Waals surface area contributed by atoms with Crippen LogP contribution >= 0.6 is 0 Å². The largest absolute Gasteiger partial charge is 0.497 e. The monoisotopic (exact) mass is 257 g/mol. The lowest BCUT2D eigenvalue weighted by atomic mass is 10.3. The van der Waals surface area contributed by atoms with Crippen LogP contribution in [0, 0.1) is 0 Å². The minimum Gasteiger partial charge on any atom is -0.497 e. The molecule has 2 aromatic heterocycles. The standard InChI is InChI=1S/C12H11N5O2/c1-7(18)14-11-12-16-13-6-17(12)10-4-3-8(19-2)5-9(10)15-11/h3-6H,1-2H3,(H,14,15,18). The quantitative estimate of drug-likeness (QED) is 0.747. The average Bonchev–Trinajstić information content (AvgIpc) is 2.87. The highest BCUT2D eigenvalue weighted by molar-refractivity contribution is 5.93. The van der Waals surface area contributed by atoms with Gasteiger partial charge in [0.2, 0.25) is 11.6 Å². The van der Waals surface area contributed by atoms with Crippen LogP contribution in [0.25, 0.3) is 16.7 Å². The summed E-state index contributed by atoms with van der Waals surface area (Å²) in [5.41, 5.74) is 2.04. The summed E-state index contributed by atoms with van der Waals surface area (Å²) < 4.78 is 6.94. The Kier molecular flexibility index (Phi) is 2.52. The van der Waals surface area contributed by atoms with Crippen molar-refractivity contribution in [1.82, 2.24) is 19.6 Å². The van der Waals surface area contributed by atoms with Crippen molar-refractivity contribution in [2.75, 3.05) is 12.4 Å². The van der Waals surface area contributed by atoms with Crippen LogP contribution in [0.15, 0.2) is 24.5 Å². The zero-order valence-electron chi connectivity index (χ0n) is 10.4. The van der Waals surface area contributed by atoms with Gasteiger partial charge >= 0.3 is 0 Å². The SMILES string of the molecule is COc1ccc2c(c1)nc(NC(C)=O)c1nncn12. The van der Waals surface area contributed by atoms with Crippen molar-refractivity contribution in [3.63, 3.8) is 0 Å². The van der Waals surface area contributed by atoms with Gasteiger partial charge in [-0.3, -0.25) is 9.20 Å². The maximum Gasteiger partial charge on any atom is 0.222 e. The van der Waals surface area contributed by atoms with Crippen LogP contribution in [-0.2, 0) is 4.79 Å². The number of hydrogen-bond donors (Lipinski definition) is 1. The lowest BCUT2D eigenvalue weighted by Crippen LogP contribution is -2.09. The Hall–Kier alpha value is -2.70. The number of fused-ring (bicyclic) bond motifs is 3. The van der Waals surface area contributed by atoms with Crippen LogP contribution in [0.1, 0.15) is 6.92 Å². The molecule has 1 amide bonds. The van der Waals surface area contributed by atoms with E-state index < -0.39 is 0 Å². The minimum absolute atomic E-state index is 0.209. The molecular weight excluding hydrogens is 246 g/mol. The van der Waals surface area contributed by atoms with Crippen molar-refractivity contribution in [3.05, 3.63) is 24.5 Å². The molecule has 0 unspecified atom stereocenters. The van der Waals surface area contributed by atoms with Crippen LogP contribution in [-0.4, -0.2) is 32.6 Å². The second-order valence-corrected chi connectivity index (χ2v) is 4.02. The first-order valence-corrected chi connectivity index (χ1v) is 5.64. The fraction of sp³-hybridized carbons (Fsp3) is 0.167. The van der Waals surface area contributed by atoms with Gasteiger partial charge in [0.15, 0.2) is 5.82 Å². The molecule has 0 aliphatic rings. The van der Waals surface area contributed by atoms with E-state index in [1.165, 1.54) is 6.92 Å². The molecular formula is C12H11N5O2. The summed E-state index contributed by atoms with van der Waals surface area (Å²) in [5, 5.41) is 10.5. The summed E-state index contributed by atoms with van der Waals surface area (Å²) in [6, 6.07) is 5.50. The number of hydrogen-bond acceptors (Lipinski definition) is 5. The molecule has 0 aliphatic heterocycles. The number of carbonyl (C=O) groups is 1. The molecule has 0 saturated carbocycles. The van der Waals surface area contributed by atoms with Gasteiger partial charge in [0.1, 0.15) is 12.1 Å². The molecule has 3 rings (SSSR count). The molecule has 0 atom stereocenters. The number of methoxy groups -OCH3 is 1. The first-order chi connectivity index (χ1) is 9.19. The van der Waals surface area contributed by atoms with Gasteiger partial charge in [0.05, 0.1) is 18.1 Å². The molecule has 0 spiro atoms. The second kappa shape index (κ2) is 4.20. The topological polar surface area (TPSA) is 81.4 Å². The molecule has 0 saturated heterocycles. The number of benzene rings is 1. The summed E-state index contributed by atoms with van der Waals surface area (Å²) in [6.07, 6.45) is 1.58. The fourth-order valence-corrected chi connectivity index (χ4v) is 1.92. The van der Waals surface area contributed by atoms with Crippen molar-refractivity contribution < 1.29 is 9.53 Å². The molecule has 1 aromatic carbocycles. The molecule has 0 aliphatic carbocycles. The van der Waals surface area contributed by atoms with E-state index in [0.29, 0.717) is 22.7 Å². The summed E-state index contributed by atoms with van der Waals surface area (Å²) in [6.45, 7) is 1.42. The van der Waals surface area contributed by atoms with Gasteiger partial charge in [-0.25, -0.2) is 4.98 Å². The zero-order valence-corrected chi connectivity index (χ0v) is 10.4. The number of anilines is 1. The van der Waals surface area contributed by atoms with Crippen molar-refractivity contribution in [2.45, 2.75) is 6.92 Å². The first-order valence-electron chi connectivity index (χ1n) is 5.64. The summed E-state index contributed by atoms with van der Waals surface area (Å²) >= 11 is 0. The van der Waals surface area contributed by atoms with Crippen molar-refractivity contribution >= 4 is 28.4 Å². The Labute approximate surface area is 108 Å². The molecule has 3 aromatic rings. The molecule has 0 fully saturated rings. The maximum absolute atomic E-state index is 11.2. The van der Waals surface area contributed by atoms with Crippen molar-refractivity contribution in [1.29, 1.82) is 0 Å². The van der Waals surface area contributed by atoms with Crippen molar-refractivity contribution in [2.24, 2.45) is 0 Å². The predicted molar refractivity (Wildman–Crippen MR) is 69.1 cm³/mol. The number of carbonyl (C=O) groups excluding carboxylic acids is 1. The van der Waals surface area contributed by atoms with Gasteiger partial charge in [-0.2, -0.15) is 0 Å². The Balaban J connectivity index is 2.34. The zero-order chi connectivity index (χ0) is 13.4. The lowest BCUT2D eigenvalue weighted by Gasteiger charge is -2.07. The molecule has 7 nitrogen and oxygen atoms in total. The third-order valence-corrected chi connectivity index (χ3v) is 2.73. The number of ether oxygens (including phenoxy) is 1. The molecule has 96 valence electrons. The highest BCUT2D eigenvalue weighted by atomic mass is 16.5. The van der Waals surface area contributed by atoms with Crippen LogP contribution in [0.5, 0.6) is 5.75 Å². The van der Waals surface area contributed by atoms with E-state index >= 15 is 0 Å². The molecule has 0 bridgehead atoms. The molecule has 2 heterocycles. The second-order valence-electron chi connectivity index (χ2n) is 4.02. The number of rotatable bonds is 2. The Bertz CT molecular complexity index is 780. The number of aromatic nitrogens is 4. The number of nitrogens with one attached hydrogen (secondary N) is 1. The van der Waals surface area contributed by atoms with Gasteiger partial charge in [-0.05, 0) is 12.1 Å². The molecule has 1 N–H and O–H groups in total. The minimum atomic E-state index is -0.209. The number of nitrogens with zero attached hydrogens (tertiary/aromatic N) is 4. The molecule has 0 radical (unpaired) electrons. The lowest BCUT2D eigenvalue weighted by molar-refractivity contribution is -0.114. The molecule has 7 heteroatoms. The highest BCUT2D eigenvalue weighted by Gasteiger charge is 2.11. The highest BCUT2D eigenvalue weighted by Crippen LogP contribution is 2.23. The van der Waals surface area contributed by atoms with Crippen LogP contribution in [0.4, 0.5) is 5.82 Å². The van der Waals surface area contributed by atoms with Crippen LogP contribution in [0.2, 0.25) is 0 Å². The molecule has 19 heavy (non-hydrogen) atoms. The summed E-state index contributed by atoms with van der Waals surface area (Å²) in [5.74, 6) is 0.867. The fourth-order valence-electron chi connectivity index (χ4n) is 1.92.